The van der Waals surface area contributed by atoms with Crippen LogP contribution in [0.15, 0.2) is 164 Å². The first kappa shape index (κ1) is 47.1. The molecule has 1 aliphatic heterocycles. The number of pyridine rings is 1. The number of carbonyl (C=O) groups is 2. The van der Waals surface area contributed by atoms with Crippen molar-refractivity contribution in [2.24, 2.45) is 0 Å². The molecule has 0 spiro atoms. The van der Waals surface area contributed by atoms with E-state index in [1.165, 1.54) is 12.1 Å². The number of hydrogen-bond donors (Lipinski definition) is 1. The van der Waals surface area contributed by atoms with Crippen molar-refractivity contribution in [1.29, 1.82) is 0 Å². The fraction of sp³-hybridized carbons (Fsp3) is 0.291. The van der Waals surface area contributed by atoms with Gasteiger partial charge in [0.05, 0.1) is 16.8 Å². The van der Waals surface area contributed by atoms with Gasteiger partial charge in [0.2, 0.25) is 0 Å². The fourth-order valence-electron chi connectivity index (χ4n) is 8.23. The van der Waals surface area contributed by atoms with Crippen LogP contribution < -0.4 is 10.1 Å². The third-order valence-electron chi connectivity index (χ3n) is 11.4. The molecular formula is C55H58FN3O4S2. The van der Waals surface area contributed by atoms with Gasteiger partial charge in [0.15, 0.2) is 5.78 Å². The third kappa shape index (κ3) is 12.7. The topological polar surface area (TPSA) is 80.8 Å². The highest BCUT2D eigenvalue weighted by atomic mass is 32.2. The zero-order valence-corrected chi connectivity index (χ0v) is 39.2. The first-order valence-corrected chi connectivity index (χ1v) is 24.5. The first-order valence-electron chi connectivity index (χ1n) is 22.2. The lowest BCUT2D eigenvalue weighted by Gasteiger charge is -2.37. The number of likely N-dealkylation sites (tertiary alicyclic amines) is 1. The van der Waals surface area contributed by atoms with Gasteiger partial charge in [0.1, 0.15) is 23.8 Å². The molecule has 1 saturated heterocycles. The first-order chi connectivity index (χ1) is 31.5. The lowest BCUT2D eigenvalue weighted by Crippen LogP contribution is -2.42. The Kier molecular flexibility index (Phi) is 16.2. The summed E-state index contributed by atoms with van der Waals surface area (Å²) in [6.07, 6.45) is 11.1. The number of nitrogens with zero attached hydrogens (tertiary/aromatic N) is 2. The van der Waals surface area contributed by atoms with Crippen molar-refractivity contribution in [3.05, 3.63) is 203 Å². The number of aromatic nitrogens is 1. The summed E-state index contributed by atoms with van der Waals surface area (Å²) in [7, 11) is 0. The van der Waals surface area contributed by atoms with Gasteiger partial charge in [-0.2, -0.15) is 11.8 Å². The molecule has 0 aliphatic carbocycles. The van der Waals surface area contributed by atoms with E-state index in [0.717, 1.165) is 44.8 Å². The summed E-state index contributed by atoms with van der Waals surface area (Å²) in [5.74, 6) is 1.09. The van der Waals surface area contributed by atoms with Crippen molar-refractivity contribution >= 4 is 47.2 Å². The number of benzene rings is 5. The van der Waals surface area contributed by atoms with Gasteiger partial charge in [0.25, 0.3) is 0 Å². The van der Waals surface area contributed by atoms with Crippen molar-refractivity contribution in [3.8, 4) is 5.75 Å². The predicted molar refractivity (Wildman–Crippen MR) is 266 cm³/mol. The Bertz CT molecular complexity index is 2370. The van der Waals surface area contributed by atoms with Crippen molar-refractivity contribution in [2.75, 3.05) is 30.5 Å². The summed E-state index contributed by atoms with van der Waals surface area (Å²) in [4.78, 5) is 34.0. The number of nitrogens with one attached hydrogen (secondary N) is 1. The van der Waals surface area contributed by atoms with E-state index in [1.807, 2.05) is 92.2 Å². The molecule has 10 heteroatoms. The van der Waals surface area contributed by atoms with Gasteiger partial charge in [-0.1, -0.05) is 115 Å². The highest BCUT2D eigenvalue weighted by molar-refractivity contribution is 8.01. The van der Waals surface area contributed by atoms with Gasteiger partial charge in [-0.15, -0.1) is 11.8 Å². The van der Waals surface area contributed by atoms with Crippen molar-refractivity contribution < 1.29 is 23.5 Å². The molecule has 1 N–H and O–H groups in total. The van der Waals surface area contributed by atoms with E-state index in [2.05, 4.69) is 83.1 Å². The average molecular weight is 908 g/mol. The molecule has 1 fully saturated rings. The second-order valence-corrected chi connectivity index (χ2v) is 19.8. The smallest absolute Gasteiger partial charge is 0.410 e. The molecule has 1 aliphatic rings. The minimum atomic E-state index is -0.683. The van der Waals surface area contributed by atoms with Crippen LogP contribution in [0.25, 0.3) is 6.08 Å². The average Bonchev–Trinajstić information content (AvgIpc) is 3.74. The van der Waals surface area contributed by atoms with E-state index < -0.39 is 16.4 Å². The standard InChI is InChI=1S/C55H58FN3O4S2/c1-54(2,3)63-53(61)59-38-49(65-55(43-16-8-5-9-17-43,44-18-10-6-11-19-44)45-20-12-7-13-21-45)35-47(59)39-62-48-30-27-42(26-22-40-23-28-46(56)29-24-40)51(36-48)58-50(32-34-64-4)52(60)31-25-41-15-14-33-57-37-41/h5-21,23-25,27-31,33,36-37,47,49-50,58H,22,26,32,34-35,38-39H2,1-4H3/t47-,49-,50-/m0/s1. The number of carbonyl (C=O) groups excluding carboxylic acids is 2. The fourth-order valence-corrected chi connectivity index (χ4v) is 10.6. The number of ether oxygens (including phenoxy) is 2. The Morgan fingerprint density at radius 3 is 2.08 bits per heavy atom. The monoisotopic (exact) mass is 907 g/mol. The number of amides is 1. The third-order valence-corrected chi connectivity index (χ3v) is 13.8. The van der Waals surface area contributed by atoms with Crippen LogP contribution in [0, 0.1) is 5.82 Å². The maximum atomic E-state index is 14.1. The molecule has 5 aromatic carbocycles. The van der Waals surface area contributed by atoms with Gasteiger partial charge in [-0.3, -0.25) is 9.78 Å². The molecule has 0 bridgehead atoms. The van der Waals surface area contributed by atoms with E-state index in [9.17, 15) is 14.0 Å². The SMILES string of the molecule is CSCC[C@H](Nc1cc(OC[C@@H]2C[C@H](SC(c3ccccc3)(c3ccccc3)c3ccccc3)CN2C(=O)OC(C)(C)C)ccc1CCc1ccc(F)cc1)C(=O)C=Cc1cccnc1. The van der Waals surface area contributed by atoms with E-state index in [0.29, 0.717) is 38.0 Å². The Hall–Kier alpha value is -5.84. The molecule has 65 heavy (non-hydrogen) atoms. The van der Waals surface area contributed by atoms with Crippen LogP contribution in [0.2, 0.25) is 0 Å². The maximum Gasteiger partial charge on any atom is 0.410 e. The Morgan fingerprint density at radius 2 is 1.49 bits per heavy atom. The quantitative estimate of drug-likeness (QED) is 0.0636. The summed E-state index contributed by atoms with van der Waals surface area (Å²) in [6, 6.07) is 47.3. The van der Waals surface area contributed by atoms with E-state index in [-0.39, 0.29) is 35.6 Å². The minimum absolute atomic E-state index is 0.0192. The second-order valence-electron chi connectivity index (χ2n) is 17.3. The second kappa shape index (κ2) is 22.4. The van der Waals surface area contributed by atoms with Crippen LogP contribution in [-0.4, -0.2) is 69.9 Å². The van der Waals surface area contributed by atoms with Crippen molar-refractivity contribution in [2.45, 2.75) is 74.1 Å². The van der Waals surface area contributed by atoms with Gasteiger partial charge >= 0.3 is 6.09 Å². The predicted octanol–water partition coefficient (Wildman–Crippen LogP) is 12.3. The molecule has 6 aromatic rings. The van der Waals surface area contributed by atoms with Gasteiger partial charge in [-0.05, 0) is 128 Å². The molecule has 0 saturated carbocycles. The number of aryl methyl sites for hydroxylation is 2. The van der Waals surface area contributed by atoms with E-state index in [1.54, 1.807) is 48.4 Å². The minimum Gasteiger partial charge on any atom is -0.491 e. The van der Waals surface area contributed by atoms with Crippen LogP contribution in [0.4, 0.5) is 14.9 Å². The molecule has 1 aromatic heterocycles. The number of anilines is 1. The molecule has 0 radical (unpaired) electrons. The summed E-state index contributed by atoms with van der Waals surface area (Å²) in [6.45, 7) is 6.39. The number of ketones is 1. The van der Waals surface area contributed by atoms with Crippen LogP contribution in [-0.2, 0) is 27.1 Å². The van der Waals surface area contributed by atoms with Gasteiger partial charge in [0, 0.05) is 35.9 Å². The molecule has 0 unspecified atom stereocenters. The highest BCUT2D eigenvalue weighted by Gasteiger charge is 2.45. The van der Waals surface area contributed by atoms with Crippen molar-refractivity contribution in [1.82, 2.24) is 9.88 Å². The van der Waals surface area contributed by atoms with E-state index in [4.69, 9.17) is 9.47 Å². The normalized spacial score (nSPS) is 15.7. The Morgan fingerprint density at radius 1 is 0.846 bits per heavy atom. The van der Waals surface area contributed by atoms with Crippen molar-refractivity contribution in [3.63, 3.8) is 0 Å². The summed E-state index contributed by atoms with van der Waals surface area (Å²) in [5, 5.41) is 3.63. The zero-order valence-electron chi connectivity index (χ0n) is 37.6. The summed E-state index contributed by atoms with van der Waals surface area (Å²) < 4.78 is 25.9. The number of rotatable bonds is 19. The van der Waals surface area contributed by atoms with Gasteiger partial charge in [-0.25, -0.2) is 9.18 Å². The number of thioether (sulfide) groups is 2. The molecule has 7 nitrogen and oxygen atoms in total. The Labute approximate surface area is 392 Å². The van der Waals surface area contributed by atoms with Crippen LogP contribution in [0.3, 0.4) is 0 Å². The van der Waals surface area contributed by atoms with Crippen LogP contribution >= 0.6 is 23.5 Å². The van der Waals surface area contributed by atoms with E-state index >= 15 is 0 Å². The molecule has 7 rings (SSSR count). The largest absolute Gasteiger partial charge is 0.491 e. The van der Waals surface area contributed by atoms with Crippen LogP contribution in [0.5, 0.6) is 5.75 Å². The molecular weight excluding hydrogens is 850 g/mol. The maximum absolute atomic E-state index is 14.1. The van der Waals surface area contributed by atoms with Crippen LogP contribution in [0.1, 0.15) is 67.0 Å². The molecule has 336 valence electrons. The summed E-state index contributed by atoms with van der Waals surface area (Å²) >= 11 is 3.56. The van der Waals surface area contributed by atoms with Gasteiger partial charge < -0.3 is 19.7 Å². The zero-order chi connectivity index (χ0) is 45.7. The summed E-state index contributed by atoms with van der Waals surface area (Å²) in [5.41, 5.74) is 6.45. The molecule has 2 heterocycles. The Balaban J connectivity index is 1.18. The molecule has 1 amide bonds. The lowest BCUT2D eigenvalue weighted by molar-refractivity contribution is -0.115. The number of hydrogen-bond acceptors (Lipinski definition) is 8. The number of halogens is 1. The lowest BCUT2D eigenvalue weighted by atomic mass is 9.84. The molecule has 3 atom stereocenters. The highest BCUT2D eigenvalue weighted by Crippen LogP contribution is 2.52.